The van der Waals surface area contributed by atoms with E-state index in [9.17, 15) is 4.79 Å². The molecule has 3 rings (SSSR count). The first-order chi connectivity index (χ1) is 9.15. The molecule has 0 amide bonds. The fraction of sp³-hybridized carbons (Fsp3) is 0.438. The van der Waals surface area contributed by atoms with Crippen molar-refractivity contribution in [3.05, 3.63) is 36.0 Å². The molecule has 3 nitrogen and oxygen atoms in total. The first-order valence-electron chi connectivity index (χ1n) is 6.94. The van der Waals surface area contributed by atoms with Crippen LogP contribution in [0.4, 0.5) is 0 Å². The second kappa shape index (κ2) is 4.72. The summed E-state index contributed by atoms with van der Waals surface area (Å²) < 4.78 is 2.30. The lowest BCUT2D eigenvalue weighted by Crippen LogP contribution is -2.13. The molecule has 0 aliphatic heterocycles. The highest BCUT2D eigenvalue weighted by atomic mass is 16.4. The lowest BCUT2D eigenvalue weighted by atomic mass is 9.99. The number of carbonyl (C=O) groups is 1. The van der Waals surface area contributed by atoms with Gasteiger partial charge in [-0.15, -0.1) is 0 Å². The highest BCUT2D eigenvalue weighted by Crippen LogP contribution is 2.33. The van der Waals surface area contributed by atoms with Gasteiger partial charge in [0.15, 0.2) is 0 Å². The lowest BCUT2D eigenvalue weighted by molar-refractivity contribution is -0.141. The van der Waals surface area contributed by atoms with Crippen molar-refractivity contribution in [2.24, 2.45) is 11.8 Å². The van der Waals surface area contributed by atoms with Crippen LogP contribution in [0.2, 0.25) is 0 Å². The Kier molecular flexibility index (Phi) is 3.05. The number of aromatic nitrogens is 1. The molecular weight excluding hydrogens is 238 g/mol. The molecule has 1 saturated carbocycles. The fourth-order valence-electron chi connectivity index (χ4n) is 2.65. The Morgan fingerprint density at radius 1 is 1.42 bits per heavy atom. The number of benzene rings is 1. The number of nitrogens with zero attached hydrogens (tertiary/aromatic N) is 1. The third kappa shape index (κ3) is 2.50. The normalized spacial score (nSPS) is 16.7. The highest BCUT2D eigenvalue weighted by molar-refractivity contribution is 5.84. The number of hydrogen-bond acceptors (Lipinski definition) is 1. The summed E-state index contributed by atoms with van der Waals surface area (Å²) in [7, 11) is 0. The van der Waals surface area contributed by atoms with E-state index < -0.39 is 5.97 Å². The van der Waals surface area contributed by atoms with Crippen LogP contribution in [0.5, 0.6) is 0 Å². The third-order valence-electron chi connectivity index (χ3n) is 3.97. The Morgan fingerprint density at radius 3 is 2.89 bits per heavy atom. The number of hydrogen-bond donors (Lipinski definition) is 1. The summed E-state index contributed by atoms with van der Waals surface area (Å²) in [6, 6.07) is 8.32. The van der Waals surface area contributed by atoms with Gasteiger partial charge in [-0.25, -0.2) is 0 Å². The van der Waals surface area contributed by atoms with Crippen molar-refractivity contribution in [3.8, 4) is 0 Å². The maximum absolute atomic E-state index is 11.0. The monoisotopic (exact) mass is 257 g/mol. The average Bonchev–Trinajstić information content (AvgIpc) is 3.09. The van der Waals surface area contributed by atoms with Crippen molar-refractivity contribution >= 4 is 16.9 Å². The molecule has 1 N–H and O–H groups in total. The van der Waals surface area contributed by atoms with E-state index in [1.165, 1.54) is 23.7 Å². The molecule has 19 heavy (non-hydrogen) atoms. The van der Waals surface area contributed by atoms with E-state index in [-0.39, 0.29) is 5.92 Å². The minimum Gasteiger partial charge on any atom is -0.481 e. The van der Waals surface area contributed by atoms with Crippen molar-refractivity contribution in [3.63, 3.8) is 0 Å². The van der Waals surface area contributed by atoms with E-state index in [2.05, 4.69) is 29.0 Å². The van der Waals surface area contributed by atoms with Crippen LogP contribution in [0.15, 0.2) is 30.5 Å². The van der Waals surface area contributed by atoms with E-state index in [0.29, 0.717) is 6.42 Å². The van der Waals surface area contributed by atoms with Gasteiger partial charge in [-0.2, -0.15) is 0 Å². The second-order valence-corrected chi connectivity index (χ2v) is 5.71. The zero-order valence-corrected chi connectivity index (χ0v) is 11.2. The molecule has 1 unspecified atom stereocenters. The summed E-state index contributed by atoms with van der Waals surface area (Å²) >= 11 is 0. The first-order valence-corrected chi connectivity index (χ1v) is 6.94. The van der Waals surface area contributed by atoms with Crippen LogP contribution in [0.3, 0.4) is 0 Å². The number of fused-ring (bicyclic) bond motifs is 1. The van der Waals surface area contributed by atoms with Gasteiger partial charge >= 0.3 is 5.97 Å². The largest absolute Gasteiger partial charge is 0.481 e. The van der Waals surface area contributed by atoms with Crippen molar-refractivity contribution in [2.45, 2.75) is 32.7 Å². The molecular formula is C16H19NO2. The second-order valence-electron chi connectivity index (χ2n) is 5.71. The maximum Gasteiger partial charge on any atom is 0.306 e. The van der Waals surface area contributed by atoms with Crippen molar-refractivity contribution in [1.82, 2.24) is 4.57 Å². The molecule has 1 aromatic carbocycles. The Balaban J connectivity index is 1.97. The third-order valence-corrected chi connectivity index (χ3v) is 3.97. The summed E-state index contributed by atoms with van der Waals surface area (Å²) in [6.45, 7) is 2.84. The first kappa shape index (κ1) is 12.3. The average molecular weight is 257 g/mol. The molecule has 1 aromatic heterocycles. The van der Waals surface area contributed by atoms with Crippen LogP contribution >= 0.6 is 0 Å². The van der Waals surface area contributed by atoms with Crippen molar-refractivity contribution < 1.29 is 9.90 Å². The van der Waals surface area contributed by atoms with Gasteiger partial charge < -0.3 is 9.67 Å². The van der Waals surface area contributed by atoms with Crippen LogP contribution in [-0.4, -0.2) is 15.6 Å². The van der Waals surface area contributed by atoms with E-state index in [1.807, 2.05) is 6.07 Å². The van der Waals surface area contributed by atoms with Gasteiger partial charge in [0.25, 0.3) is 0 Å². The molecule has 0 bridgehead atoms. The summed E-state index contributed by atoms with van der Waals surface area (Å²) in [5.41, 5.74) is 2.38. The summed E-state index contributed by atoms with van der Waals surface area (Å²) in [4.78, 5) is 11.0. The molecule has 1 fully saturated rings. The Hall–Kier alpha value is -1.77. The van der Waals surface area contributed by atoms with Gasteiger partial charge in [0.2, 0.25) is 0 Å². The number of rotatable bonds is 5. The van der Waals surface area contributed by atoms with E-state index in [0.717, 1.165) is 18.0 Å². The number of carboxylic acids is 1. The van der Waals surface area contributed by atoms with Crippen molar-refractivity contribution in [2.75, 3.05) is 0 Å². The summed E-state index contributed by atoms with van der Waals surface area (Å²) in [5.74, 6) is -0.243. The zero-order chi connectivity index (χ0) is 13.4. The molecule has 1 heterocycles. The van der Waals surface area contributed by atoms with Gasteiger partial charge in [-0.1, -0.05) is 25.1 Å². The molecule has 100 valence electrons. The molecule has 0 saturated heterocycles. The van der Waals surface area contributed by atoms with Gasteiger partial charge in [-0.05, 0) is 42.2 Å². The zero-order valence-electron chi connectivity index (χ0n) is 11.2. The molecule has 1 aliphatic carbocycles. The summed E-state index contributed by atoms with van der Waals surface area (Å²) in [5, 5.41) is 10.3. The standard InChI is InChI=1S/C16H19NO2/c1-11(16(18)19)9-14-4-2-3-13-7-8-17(15(13)14)10-12-5-6-12/h2-4,7-8,11-12H,5-6,9-10H2,1H3,(H,18,19). The number of carboxylic acid groups (broad SMARTS) is 1. The van der Waals surface area contributed by atoms with Gasteiger partial charge in [-0.3, -0.25) is 4.79 Å². The van der Waals surface area contributed by atoms with E-state index in [4.69, 9.17) is 5.11 Å². The van der Waals surface area contributed by atoms with Crippen LogP contribution in [0.1, 0.15) is 25.3 Å². The van der Waals surface area contributed by atoms with Crippen LogP contribution in [0, 0.1) is 11.8 Å². The molecule has 0 spiro atoms. The quantitative estimate of drug-likeness (QED) is 0.892. The summed E-state index contributed by atoms with van der Waals surface area (Å²) in [6.07, 6.45) is 5.39. The van der Waals surface area contributed by atoms with Crippen molar-refractivity contribution in [1.29, 1.82) is 0 Å². The number of aliphatic carboxylic acids is 1. The maximum atomic E-state index is 11.0. The van der Waals surface area contributed by atoms with E-state index >= 15 is 0 Å². The molecule has 0 radical (unpaired) electrons. The number of para-hydroxylation sites is 1. The van der Waals surface area contributed by atoms with Gasteiger partial charge in [0.05, 0.1) is 11.4 Å². The molecule has 1 atom stereocenters. The SMILES string of the molecule is CC(Cc1cccc2ccn(CC3CC3)c12)C(=O)O. The lowest BCUT2D eigenvalue weighted by Gasteiger charge is -2.11. The minimum absolute atomic E-state index is 0.338. The minimum atomic E-state index is -0.725. The smallest absolute Gasteiger partial charge is 0.306 e. The van der Waals surface area contributed by atoms with Gasteiger partial charge in [0, 0.05) is 12.7 Å². The fourth-order valence-corrected chi connectivity index (χ4v) is 2.65. The topological polar surface area (TPSA) is 42.2 Å². The van der Waals surface area contributed by atoms with Crippen LogP contribution in [-0.2, 0) is 17.8 Å². The van der Waals surface area contributed by atoms with Gasteiger partial charge in [0.1, 0.15) is 0 Å². The highest BCUT2D eigenvalue weighted by Gasteiger charge is 2.23. The Morgan fingerprint density at radius 2 is 2.21 bits per heavy atom. The predicted octanol–water partition coefficient (Wildman–Crippen LogP) is 3.31. The molecule has 1 aliphatic rings. The predicted molar refractivity (Wildman–Crippen MR) is 75.2 cm³/mol. The molecule has 3 heteroatoms. The van der Waals surface area contributed by atoms with Crippen LogP contribution < -0.4 is 0 Å². The Bertz CT molecular complexity index is 610. The van der Waals surface area contributed by atoms with E-state index in [1.54, 1.807) is 6.92 Å². The molecule has 2 aromatic rings. The van der Waals surface area contributed by atoms with Crippen LogP contribution in [0.25, 0.3) is 10.9 Å². The Labute approximate surface area is 112 Å².